The largest absolute Gasteiger partial charge is 0.326 e. The number of ketones is 1. The van der Waals surface area contributed by atoms with Gasteiger partial charge in [0.2, 0.25) is 5.91 Å². The molecule has 0 aromatic heterocycles. The first-order valence-electron chi connectivity index (χ1n) is 9.21. The first kappa shape index (κ1) is 18.3. The Labute approximate surface area is 155 Å². The van der Waals surface area contributed by atoms with E-state index in [1.54, 1.807) is 18.2 Å². The van der Waals surface area contributed by atoms with E-state index in [4.69, 9.17) is 0 Å². The van der Waals surface area contributed by atoms with Crippen molar-refractivity contribution in [3.05, 3.63) is 65.2 Å². The van der Waals surface area contributed by atoms with Crippen LogP contribution in [0.4, 0.5) is 5.69 Å². The van der Waals surface area contributed by atoms with Crippen LogP contribution in [-0.4, -0.2) is 29.7 Å². The van der Waals surface area contributed by atoms with Gasteiger partial charge in [0.1, 0.15) is 0 Å². The zero-order chi connectivity index (χ0) is 18.5. The number of aryl methyl sites for hydroxylation is 1. The van der Waals surface area contributed by atoms with Crippen molar-refractivity contribution in [1.29, 1.82) is 0 Å². The highest BCUT2D eigenvalue weighted by atomic mass is 16.2. The number of hydrogen-bond donors (Lipinski definition) is 1. The second-order valence-corrected chi connectivity index (χ2v) is 7.17. The van der Waals surface area contributed by atoms with Crippen molar-refractivity contribution >= 4 is 17.4 Å². The molecule has 0 aliphatic carbocycles. The summed E-state index contributed by atoms with van der Waals surface area (Å²) in [6.45, 7) is 6.45. The number of benzene rings is 2. The van der Waals surface area contributed by atoms with Crippen molar-refractivity contribution < 1.29 is 9.59 Å². The van der Waals surface area contributed by atoms with E-state index in [0.29, 0.717) is 11.3 Å². The van der Waals surface area contributed by atoms with E-state index in [0.717, 1.165) is 32.5 Å². The van der Waals surface area contributed by atoms with E-state index < -0.39 is 0 Å². The van der Waals surface area contributed by atoms with Crippen molar-refractivity contribution in [2.24, 2.45) is 5.92 Å². The zero-order valence-corrected chi connectivity index (χ0v) is 15.5. The molecule has 0 spiro atoms. The van der Waals surface area contributed by atoms with Crippen LogP contribution in [0.1, 0.15) is 41.3 Å². The number of hydrogen-bond acceptors (Lipinski definition) is 3. The summed E-state index contributed by atoms with van der Waals surface area (Å²) in [5.41, 5.74) is 3.93. The number of piperidine rings is 1. The summed E-state index contributed by atoms with van der Waals surface area (Å²) in [4.78, 5) is 26.4. The highest BCUT2D eigenvalue weighted by Crippen LogP contribution is 2.21. The van der Waals surface area contributed by atoms with Crippen molar-refractivity contribution in [3.63, 3.8) is 0 Å². The van der Waals surface area contributed by atoms with Gasteiger partial charge in [-0.25, -0.2) is 0 Å². The molecule has 0 radical (unpaired) electrons. The normalized spacial score (nSPS) is 15.6. The fraction of sp³-hybridized carbons (Fsp3) is 0.364. The van der Waals surface area contributed by atoms with E-state index in [9.17, 15) is 9.59 Å². The lowest BCUT2D eigenvalue weighted by molar-refractivity contribution is -0.121. The zero-order valence-electron chi connectivity index (χ0n) is 15.5. The van der Waals surface area contributed by atoms with Gasteiger partial charge < -0.3 is 5.32 Å². The molecule has 26 heavy (non-hydrogen) atoms. The monoisotopic (exact) mass is 350 g/mol. The van der Waals surface area contributed by atoms with Gasteiger partial charge in [0.25, 0.3) is 0 Å². The van der Waals surface area contributed by atoms with Crippen LogP contribution in [0.25, 0.3) is 0 Å². The first-order chi connectivity index (χ1) is 12.5. The Balaban J connectivity index is 1.52. The van der Waals surface area contributed by atoms with Gasteiger partial charge in [-0.1, -0.05) is 42.0 Å². The standard InChI is InChI=1S/C22H26N2O2/c1-16-5-3-6-18(13-16)15-24-11-9-19(10-12-24)22(26)23-21-8-4-7-20(14-21)17(2)25/h3-8,13-14,19H,9-12,15H2,1-2H3,(H,23,26). The molecule has 1 aliphatic rings. The predicted octanol–water partition coefficient (Wildman–Crippen LogP) is 4.05. The number of carbonyl (C=O) groups is 2. The maximum Gasteiger partial charge on any atom is 0.227 e. The number of likely N-dealkylation sites (tertiary alicyclic amines) is 1. The number of anilines is 1. The van der Waals surface area contributed by atoms with Crippen LogP contribution in [0.2, 0.25) is 0 Å². The van der Waals surface area contributed by atoms with Crippen molar-refractivity contribution in [2.45, 2.75) is 33.2 Å². The molecular formula is C22H26N2O2. The van der Waals surface area contributed by atoms with E-state index in [1.165, 1.54) is 18.1 Å². The predicted molar refractivity (Wildman–Crippen MR) is 104 cm³/mol. The van der Waals surface area contributed by atoms with Crippen LogP contribution in [-0.2, 0) is 11.3 Å². The van der Waals surface area contributed by atoms with Crippen molar-refractivity contribution in [1.82, 2.24) is 4.90 Å². The molecule has 2 aromatic rings. The molecule has 1 amide bonds. The molecule has 4 nitrogen and oxygen atoms in total. The minimum absolute atomic E-state index is 0.00514. The molecule has 1 aliphatic heterocycles. The van der Waals surface area contributed by atoms with Gasteiger partial charge in [0.15, 0.2) is 5.78 Å². The van der Waals surface area contributed by atoms with Crippen LogP contribution >= 0.6 is 0 Å². The van der Waals surface area contributed by atoms with Gasteiger partial charge in [-0.15, -0.1) is 0 Å². The maximum atomic E-state index is 12.5. The van der Waals surface area contributed by atoms with E-state index in [1.807, 2.05) is 6.07 Å². The summed E-state index contributed by atoms with van der Waals surface area (Å²) in [5.74, 6) is 0.0937. The molecule has 0 saturated carbocycles. The highest BCUT2D eigenvalue weighted by Gasteiger charge is 2.25. The Morgan fingerprint density at radius 1 is 1.08 bits per heavy atom. The van der Waals surface area contributed by atoms with E-state index >= 15 is 0 Å². The van der Waals surface area contributed by atoms with Crippen LogP contribution in [0.15, 0.2) is 48.5 Å². The number of nitrogens with one attached hydrogen (secondary N) is 1. The average molecular weight is 350 g/mol. The lowest BCUT2D eigenvalue weighted by Crippen LogP contribution is -2.37. The number of Topliss-reactive ketones (excluding diaryl/α,β-unsaturated/α-hetero) is 1. The molecule has 1 heterocycles. The fourth-order valence-corrected chi connectivity index (χ4v) is 3.48. The van der Waals surface area contributed by atoms with Gasteiger partial charge >= 0.3 is 0 Å². The Bertz CT molecular complexity index is 792. The third kappa shape index (κ3) is 4.79. The van der Waals surface area contributed by atoms with Gasteiger partial charge in [0, 0.05) is 23.7 Å². The van der Waals surface area contributed by atoms with Crippen molar-refractivity contribution in [3.8, 4) is 0 Å². The minimum atomic E-state index is 0.00514. The summed E-state index contributed by atoms with van der Waals surface area (Å²) in [5, 5.41) is 2.97. The molecular weight excluding hydrogens is 324 g/mol. The van der Waals surface area contributed by atoms with E-state index in [2.05, 4.69) is 41.4 Å². The lowest BCUT2D eigenvalue weighted by atomic mass is 9.95. The quantitative estimate of drug-likeness (QED) is 0.828. The Hall–Kier alpha value is -2.46. The number of nitrogens with zero attached hydrogens (tertiary/aromatic N) is 1. The summed E-state index contributed by atoms with van der Waals surface area (Å²) in [7, 11) is 0. The lowest BCUT2D eigenvalue weighted by Gasteiger charge is -2.31. The molecule has 136 valence electrons. The van der Waals surface area contributed by atoms with Gasteiger partial charge in [0.05, 0.1) is 0 Å². The van der Waals surface area contributed by atoms with Crippen LogP contribution in [0.5, 0.6) is 0 Å². The summed E-state index contributed by atoms with van der Waals surface area (Å²) >= 11 is 0. The Morgan fingerprint density at radius 2 is 1.81 bits per heavy atom. The fourth-order valence-electron chi connectivity index (χ4n) is 3.48. The Morgan fingerprint density at radius 3 is 2.50 bits per heavy atom. The molecule has 1 N–H and O–H groups in total. The molecule has 0 bridgehead atoms. The molecule has 3 rings (SSSR count). The second kappa shape index (κ2) is 8.28. The SMILES string of the molecule is CC(=O)c1cccc(NC(=O)C2CCN(Cc3cccc(C)c3)CC2)c1. The third-order valence-corrected chi connectivity index (χ3v) is 4.98. The van der Waals surface area contributed by atoms with Crippen LogP contribution in [0, 0.1) is 12.8 Å². The van der Waals surface area contributed by atoms with Gasteiger partial charge in [-0.2, -0.15) is 0 Å². The highest BCUT2D eigenvalue weighted by molar-refractivity contribution is 5.97. The summed E-state index contributed by atoms with van der Waals surface area (Å²) in [6, 6.07) is 15.7. The van der Waals surface area contributed by atoms with Gasteiger partial charge in [-0.3, -0.25) is 14.5 Å². The van der Waals surface area contributed by atoms with Crippen LogP contribution < -0.4 is 5.32 Å². The molecule has 0 unspecified atom stereocenters. The topological polar surface area (TPSA) is 49.4 Å². The molecule has 4 heteroatoms. The number of carbonyl (C=O) groups excluding carboxylic acids is 2. The van der Waals surface area contributed by atoms with E-state index in [-0.39, 0.29) is 17.6 Å². The van der Waals surface area contributed by atoms with Gasteiger partial charge in [-0.05, 0) is 57.5 Å². The molecule has 0 atom stereocenters. The number of rotatable bonds is 5. The first-order valence-corrected chi connectivity index (χ1v) is 9.21. The van der Waals surface area contributed by atoms with Crippen LogP contribution in [0.3, 0.4) is 0 Å². The maximum absolute atomic E-state index is 12.5. The smallest absolute Gasteiger partial charge is 0.227 e. The van der Waals surface area contributed by atoms with Crippen molar-refractivity contribution in [2.75, 3.05) is 18.4 Å². The average Bonchev–Trinajstić information content (AvgIpc) is 2.62. The molecule has 1 saturated heterocycles. The second-order valence-electron chi connectivity index (χ2n) is 7.17. The minimum Gasteiger partial charge on any atom is -0.326 e. The summed E-state index contributed by atoms with van der Waals surface area (Å²) < 4.78 is 0. The Kier molecular flexibility index (Phi) is 5.84. The third-order valence-electron chi connectivity index (χ3n) is 4.98. The number of amides is 1. The molecule has 2 aromatic carbocycles. The summed E-state index contributed by atoms with van der Waals surface area (Å²) in [6.07, 6.45) is 1.73. The molecule has 1 fully saturated rings.